The van der Waals surface area contributed by atoms with Crippen LogP contribution in [0.25, 0.3) is 10.4 Å². The summed E-state index contributed by atoms with van der Waals surface area (Å²) >= 11 is 6.86. The number of esters is 4. The molecule has 15 nitrogen and oxygen atoms in total. The number of nitrogens with one attached hydrogen (secondary N) is 2. The highest BCUT2D eigenvalue weighted by Gasteiger charge is 2.30. The van der Waals surface area contributed by atoms with Gasteiger partial charge >= 0.3 is 23.9 Å². The number of benzene rings is 5. The van der Waals surface area contributed by atoms with Crippen LogP contribution in [0, 0.1) is 0 Å². The summed E-state index contributed by atoms with van der Waals surface area (Å²) in [5, 5.41) is 3.30. The molecule has 0 aliphatic rings. The van der Waals surface area contributed by atoms with Gasteiger partial charge in [0.25, 0.3) is 0 Å². The smallest absolute Gasteiger partial charge is 0.358 e. The van der Waals surface area contributed by atoms with Crippen LogP contribution < -0.4 is 10.2 Å². The first-order valence-corrected chi connectivity index (χ1v) is 22.4. The number of aromatic nitrogens is 1. The van der Waals surface area contributed by atoms with E-state index < -0.39 is 35.6 Å². The lowest BCUT2D eigenvalue weighted by atomic mass is 10.0. The SMILES string of the molecule is CCC(=O)NC(C(=O)OC)C(=O)c1ccccc1.CCc1nc(C(=O)OC)c(-c2ccccc2)s1.COC(=O)C(NCl)C(=O)c1ccccc1.COC(=O)CN=C(c1ccccc1)c1ccccc1. The van der Waals surface area contributed by atoms with Crippen LogP contribution in [-0.2, 0) is 44.5 Å². The van der Waals surface area contributed by atoms with Gasteiger partial charge in [-0.15, -0.1) is 11.3 Å². The standard InChI is InChI=1S/C16H15NO2.C13H15NO4.C13H13NO2S.C10H10ClNO3/c1-19-15(18)12-17-16(13-8-4-2-5-9-13)14-10-6-3-7-11-14;1-3-10(15)14-11(13(17)18-2)12(16)9-7-5-4-6-8-9;1-3-10-14-11(13(15)16-2)12(17-10)9-7-5-4-6-8-9;1-15-10(14)8(12-11)9(13)7-5-3-2-4-6-7/h2-11H,12H2,1H3;4-8,11H,3H2,1-2H3,(H,14,15);4-8H,3H2,1-2H3;2-6,8,12H,1H3. The normalized spacial score (nSPS) is 10.8. The van der Waals surface area contributed by atoms with Crippen molar-refractivity contribution in [3.8, 4) is 10.4 Å². The number of aliphatic imine (C=N–C) groups is 1. The van der Waals surface area contributed by atoms with Gasteiger partial charge in [-0.05, 0) is 23.8 Å². The van der Waals surface area contributed by atoms with Crippen molar-refractivity contribution in [1.82, 2.24) is 15.1 Å². The lowest BCUT2D eigenvalue weighted by Gasteiger charge is -2.14. The summed E-state index contributed by atoms with van der Waals surface area (Å²) in [6.45, 7) is 3.68. The molecule has 0 saturated carbocycles. The molecule has 17 heteroatoms. The first-order valence-electron chi connectivity index (χ1n) is 21.2. The number of hydrogen-bond acceptors (Lipinski definition) is 15. The summed E-state index contributed by atoms with van der Waals surface area (Å²) in [5.41, 5.74) is 4.94. The Morgan fingerprint density at radius 3 is 1.39 bits per heavy atom. The predicted molar refractivity (Wildman–Crippen MR) is 264 cm³/mol. The van der Waals surface area contributed by atoms with Crippen LogP contribution >= 0.6 is 23.1 Å². The predicted octanol–water partition coefficient (Wildman–Crippen LogP) is 7.95. The number of ether oxygens (including phenoxy) is 4. The van der Waals surface area contributed by atoms with Crippen molar-refractivity contribution in [2.75, 3.05) is 35.0 Å². The van der Waals surface area contributed by atoms with E-state index in [1.165, 1.54) is 28.4 Å². The van der Waals surface area contributed by atoms with Crippen molar-refractivity contribution in [2.45, 2.75) is 38.8 Å². The molecule has 2 unspecified atom stereocenters. The number of rotatable bonds is 16. The molecular weight excluding hydrogens is 924 g/mol. The Labute approximate surface area is 410 Å². The summed E-state index contributed by atoms with van der Waals surface area (Å²) in [4.78, 5) is 92.4. The third kappa shape index (κ3) is 17.8. The van der Waals surface area contributed by atoms with Crippen molar-refractivity contribution in [1.29, 1.82) is 0 Å². The molecule has 1 heterocycles. The molecule has 0 spiro atoms. The first kappa shape index (κ1) is 55.7. The molecule has 69 heavy (non-hydrogen) atoms. The molecule has 1 aromatic heterocycles. The van der Waals surface area contributed by atoms with E-state index in [4.69, 9.17) is 16.5 Å². The highest BCUT2D eigenvalue weighted by atomic mass is 35.5. The van der Waals surface area contributed by atoms with Crippen LogP contribution in [-0.4, -0.2) is 99.1 Å². The van der Waals surface area contributed by atoms with Crippen LogP contribution in [0.3, 0.4) is 0 Å². The second kappa shape index (κ2) is 30.6. The molecule has 2 N–H and O–H groups in total. The molecule has 0 saturated heterocycles. The fourth-order valence-electron chi connectivity index (χ4n) is 5.75. The van der Waals surface area contributed by atoms with Crippen molar-refractivity contribution in [3.05, 3.63) is 185 Å². The van der Waals surface area contributed by atoms with E-state index in [0.717, 1.165) is 38.7 Å². The number of aryl methyl sites for hydroxylation is 1. The van der Waals surface area contributed by atoms with E-state index in [1.54, 1.807) is 78.9 Å². The van der Waals surface area contributed by atoms with Gasteiger partial charge in [-0.3, -0.25) is 24.2 Å². The van der Waals surface area contributed by atoms with E-state index >= 15 is 0 Å². The van der Waals surface area contributed by atoms with Gasteiger partial charge in [-0.2, -0.15) is 0 Å². The Hall–Kier alpha value is -7.66. The van der Waals surface area contributed by atoms with Gasteiger partial charge in [0.05, 0.1) is 44.0 Å². The number of thiazole rings is 1. The summed E-state index contributed by atoms with van der Waals surface area (Å²) in [7, 11) is 5.11. The minimum atomic E-state index is -1.29. The molecule has 2 atom stereocenters. The average molecular weight is 978 g/mol. The van der Waals surface area contributed by atoms with E-state index in [1.807, 2.05) is 97.9 Å². The van der Waals surface area contributed by atoms with E-state index in [-0.39, 0.29) is 30.8 Å². The van der Waals surface area contributed by atoms with Crippen molar-refractivity contribution < 1.29 is 52.5 Å². The molecule has 1 amide bonds. The van der Waals surface area contributed by atoms with E-state index in [2.05, 4.69) is 34.3 Å². The molecule has 0 fully saturated rings. The molecule has 0 radical (unpaired) electrons. The molecule has 5 aromatic carbocycles. The van der Waals surface area contributed by atoms with Crippen molar-refractivity contribution in [3.63, 3.8) is 0 Å². The highest BCUT2D eigenvalue weighted by molar-refractivity contribution is 7.15. The minimum Gasteiger partial charge on any atom is -0.468 e. The van der Waals surface area contributed by atoms with Gasteiger partial charge in [0, 0.05) is 28.7 Å². The second-order valence-electron chi connectivity index (χ2n) is 13.9. The Morgan fingerprint density at radius 1 is 0.580 bits per heavy atom. The van der Waals surface area contributed by atoms with Gasteiger partial charge in [-0.1, -0.05) is 166 Å². The number of methoxy groups -OCH3 is 4. The van der Waals surface area contributed by atoms with E-state index in [9.17, 15) is 33.6 Å². The minimum absolute atomic E-state index is 0.0234. The third-order valence-corrected chi connectivity index (χ3v) is 10.8. The molecule has 0 aliphatic carbocycles. The molecule has 6 aromatic rings. The number of nitrogens with zero attached hydrogens (tertiary/aromatic N) is 2. The zero-order valence-electron chi connectivity index (χ0n) is 38.9. The number of hydrogen-bond donors (Lipinski definition) is 2. The van der Waals surface area contributed by atoms with Gasteiger partial charge < -0.3 is 24.3 Å². The van der Waals surface area contributed by atoms with E-state index in [0.29, 0.717) is 16.8 Å². The number of carbonyl (C=O) groups is 7. The lowest BCUT2D eigenvalue weighted by Crippen LogP contribution is -2.46. The topological polar surface area (TPSA) is 206 Å². The van der Waals surface area contributed by atoms with Crippen LogP contribution in [0.15, 0.2) is 157 Å². The van der Waals surface area contributed by atoms with Crippen LogP contribution in [0.1, 0.15) is 67.6 Å². The fourth-order valence-corrected chi connectivity index (χ4v) is 6.94. The number of carbonyl (C=O) groups excluding carboxylic acids is 7. The molecule has 0 aliphatic heterocycles. The second-order valence-corrected chi connectivity index (χ2v) is 15.2. The summed E-state index contributed by atoms with van der Waals surface area (Å²) < 4.78 is 18.4. The molecular formula is C52H53ClN4O11S. The summed E-state index contributed by atoms with van der Waals surface area (Å²) in [6.07, 6.45) is 1.01. The quantitative estimate of drug-likeness (QED) is 0.0236. The van der Waals surface area contributed by atoms with Crippen LogP contribution in [0.5, 0.6) is 0 Å². The van der Waals surface area contributed by atoms with Gasteiger partial charge in [0.2, 0.25) is 5.91 Å². The number of Topliss-reactive ketones (excluding diaryl/α,β-unsaturated/α-hetero) is 2. The Kier molecular flexibility index (Phi) is 24.7. The Bertz CT molecular complexity index is 2560. The zero-order valence-corrected chi connectivity index (χ0v) is 40.5. The number of ketones is 2. The summed E-state index contributed by atoms with van der Waals surface area (Å²) in [5.74, 6) is -3.48. The van der Waals surface area contributed by atoms with Gasteiger partial charge in [0.1, 0.15) is 6.54 Å². The first-order chi connectivity index (χ1) is 33.4. The van der Waals surface area contributed by atoms with Crippen LogP contribution in [0.2, 0.25) is 0 Å². The lowest BCUT2D eigenvalue weighted by molar-refractivity contribution is -0.143. The number of halogens is 1. The van der Waals surface area contributed by atoms with Crippen molar-refractivity contribution >= 4 is 70.2 Å². The van der Waals surface area contributed by atoms with Crippen molar-refractivity contribution in [2.24, 2.45) is 4.99 Å². The molecule has 0 bridgehead atoms. The third-order valence-electron chi connectivity index (χ3n) is 9.33. The Morgan fingerprint density at radius 2 is 1.00 bits per heavy atom. The monoisotopic (exact) mass is 976 g/mol. The summed E-state index contributed by atoms with van der Waals surface area (Å²) in [6, 6.07) is 43.6. The molecule has 360 valence electrons. The molecule has 6 rings (SSSR count). The van der Waals surface area contributed by atoms with Gasteiger partial charge in [-0.25, -0.2) is 24.2 Å². The Balaban J connectivity index is 0.000000244. The maximum absolute atomic E-state index is 12.1. The van der Waals surface area contributed by atoms with Gasteiger partial charge in [0.15, 0.2) is 29.3 Å². The maximum atomic E-state index is 12.1. The average Bonchev–Trinajstić information content (AvgIpc) is 3.86. The highest BCUT2D eigenvalue weighted by Crippen LogP contribution is 2.31. The zero-order chi connectivity index (χ0) is 50.6. The number of amides is 1. The fraction of sp³-hybridized carbons (Fsp3) is 0.212. The van der Waals surface area contributed by atoms with Crippen LogP contribution in [0.4, 0.5) is 0 Å². The maximum Gasteiger partial charge on any atom is 0.358 e. The largest absolute Gasteiger partial charge is 0.468 e.